The summed E-state index contributed by atoms with van der Waals surface area (Å²) in [6.45, 7) is 3.34. The minimum atomic E-state index is -0.763. The number of carboxylic acid groups (broad SMARTS) is 1. The van der Waals surface area contributed by atoms with Crippen LogP contribution in [0.25, 0.3) is 0 Å². The van der Waals surface area contributed by atoms with Gasteiger partial charge < -0.3 is 5.11 Å². The maximum absolute atomic E-state index is 10.9. The van der Waals surface area contributed by atoms with Crippen molar-refractivity contribution in [1.29, 1.82) is 0 Å². The molecule has 2 aromatic rings. The van der Waals surface area contributed by atoms with E-state index in [9.17, 15) is 4.79 Å². The first-order valence-corrected chi connectivity index (χ1v) is 8.50. The van der Waals surface area contributed by atoms with Crippen LogP contribution >= 0.6 is 36.4 Å². The molecular weight excluding hydrogens is 395 g/mol. The fraction of sp³-hybridized carbons (Fsp3) is 0.316. The number of aliphatic carboxylic acids is 1. The second-order valence-corrected chi connectivity index (χ2v) is 6.51. The third kappa shape index (κ3) is 5.86. The topological polar surface area (TPSA) is 43.8 Å². The Labute approximate surface area is 171 Å². The SMILES string of the molecule is Cl.Cl.O=C(O)CN1CCN(C(c2ccccc2)c2ccc(Cl)cc2)CC1. The largest absolute Gasteiger partial charge is 0.480 e. The zero-order valence-corrected chi connectivity index (χ0v) is 16.6. The highest BCUT2D eigenvalue weighted by atomic mass is 35.5. The van der Waals surface area contributed by atoms with Crippen LogP contribution in [0.5, 0.6) is 0 Å². The van der Waals surface area contributed by atoms with Gasteiger partial charge in [-0.3, -0.25) is 14.6 Å². The molecule has 4 nitrogen and oxygen atoms in total. The van der Waals surface area contributed by atoms with Gasteiger partial charge in [-0.05, 0) is 23.3 Å². The molecule has 0 bridgehead atoms. The maximum atomic E-state index is 10.9. The molecule has 0 amide bonds. The van der Waals surface area contributed by atoms with Crippen molar-refractivity contribution in [3.63, 3.8) is 0 Å². The molecule has 1 fully saturated rings. The number of carbonyl (C=O) groups is 1. The molecule has 1 aliphatic rings. The molecule has 1 atom stereocenters. The summed E-state index contributed by atoms with van der Waals surface area (Å²) in [6, 6.07) is 18.6. The molecule has 1 saturated heterocycles. The summed E-state index contributed by atoms with van der Waals surface area (Å²) in [5, 5.41) is 9.69. The summed E-state index contributed by atoms with van der Waals surface area (Å²) in [4.78, 5) is 15.3. The number of nitrogens with zero attached hydrogens (tertiary/aromatic N) is 2. The highest BCUT2D eigenvalue weighted by Crippen LogP contribution is 2.30. The van der Waals surface area contributed by atoms with E-state index < -0.39 is 5.97 Å². The third-order valence-electron chi connectivity index (χ3n) is 4.43. The average molecular weight is 418 g/mol. The Balaban J connectivity index is 0.00000169. The van der Waals surface area contributed by atoms with Crippen molar-refractivity contribution in [3.8, 4) is 0 Å². The molecule has 1 heterocycles. The number of carboxylic acids is 1. The summed E-state index contributed by atoms with van der Waals surface area (Å²) in [6.07, 6.45) is 0. The van der Waals surface area contributed by atoms with Crippen LogP contribution < -0.4 is 0 Å². The van der Waals surface area contributed by atoms with Crippen LogP contribution in [0, 0.1) is 0 Å². The van der Waals surface area contributed by atoms with Gasteiger partial charge in [-0.1, -0.05) is 54.1 Å². The standard InChI is InChI=1S/C19H21ClN2O2.2ClH/c20-17-8-6-16(7-9-17)19(15-4-2-1-3-5-15)22-12-10-21(11-13-22)14-18(23)24;;/h1-9,19H,10-14H2,(H,23,24);2*1H. The highest BCUT2D eigenvalue weighted by molar-refractivity contribution is 6.30. The van der Waals surface area contributed by atoms with E-state index in [0.717, 1.165) is 31.2 Å². The summed E-state index contributed by atoms with van der Waals surface area (Å²) >= 11 is 6.04. The van der Waals surface area contributed by atoms with Crippen molar-refractivity contribution in [3.05, 3.63) is 70.7 Å². The van der Waals surface area contributed by atoms with E-state index in [4.69, 9.17) is 16.7 Å². The Bertz CT molecular complexity index is 675. The molecule has 0 saturated carbocycles. The molecule has 1 N–H and O–H groups in total. The van der Waals surface area contributed by atoms with Crippen LogP contribution in [0.2, 0.25) is 5.02 Å². The molecule has 0 aromatic heterocycles. The van der Waals surface area contributed by atoms with Crippen molar-refractivity contribution in [2.75, 3.05) is 32.7 Å². The molecule has 3 rings (SSSR count). The van der Waals surface area contributed by atoms with Crippen molar-refractivity contribution in [2.45, 2.75) is 6.04 Å². The Morgan fingerprint density at radius 3 is 2.00 bits per heavy atom. The van der Waals surface area contributed by atoms with Gasteiger partial charge >= 0.3 is 5.97 Å². The number of hydrogen-bond acceptors (Lipinski definition) is 3. The first-order chi connectivity index (χ1) is 11.6. The predicted octanol–water partition coefficient (Wildman–Crippen LogP) is 3.98. The van der Waals surface area contributed by atoms with Crippen LogP contribution in [0.15, 0.2) is 54.6 Å². The Morgan fingerprint density at radius 2 is 1.46 bits per heavy atom. The molecule has 1 unspecified atom stereocenters. The first-order valence-electron chi connectivity index (χ1n) is 8.12. The van der Waals surface area contributed by atoms with Crippen LogP contribution in [0.1, 0.15) is 17.2 Å². The maximum Gasteiger partial charge on any atom is 0.317 e. The normalized spacial score (nSPS) is 16.2. The number of benzene rings is 2. The second kappa shape index (κ2) is 10.8. The van der Waals surface area contributed by atoms with Crippen molar-refractivity contribution in [2.24, 2.45) is 0 Å². The van der Waals surface area contributed by atoms with Gasteiger partial charge in [-0.15, -0.1) is 24.8 Å². The molecule has 2 aromatic carbocycles. The Hall–Kier alpha value is -1.30. The molecule has 0 spiro atoms. The molecule has 1 aliphatic heterocycles. The minimum absolute atomic E-state index is 0. The van der Waals surface area contributed by atoms with Crippen LogP contribution in [-0.2, 0) is 4.79 Å². The second-order valence-electron chi connectivity index (χ2n) is 6.07. The lowest BCUT2D eigenvalue weighted by atomic mass is 9.96. The van der Waals surface area contributed by atoms with Crippen LogP contribution in [0.4, 0.5) is 0 Å². The summed E-state index contributed by atoms with van der Waals surface area (Å²) < 4.78 is 0. The quantitative estimate of drug-likeness (QED) is 0.799. The van der Waals surface area contributed by atoms with Crippen molar-refractivity contribution < 1.29 is 9.90 Å². The van der Waals surface area contributed by atoms with Gasteiger partial charge in [-0.25, -0.2) is 0 Å². The van der Waals surface area contributed by atoms with E-state index in [1.165, 1.54) is 11.1 Å². The lowest BCUT2D eigenvalue weighted by molar-refractivity contribution is -0.138. The van der Waals surface area contributed by atoms with E-state index in [-0.39, 0.29) is 37.4 Å². The van der Waals surface area contributed by atoms with Crippen LogP contribution in [-0.4, -0.2) is 53.6 Å². The number of rotatable bonds is 5. The highest BCUT2D eigenvalue weighted by Gasteiger charge is 2.26. The predicted molar refractivity (Wildman–Crippen MR) is 110 cm³/mol. The summed E-state index contributed by atoms with van der Waals surface area (Å²) in [7, 11) is 0. The van der Waals surface area contributed by atoms with Crippen molar-refractivity contribution in [1.82, 2.24) is 9.80 Å². The van der Waals surface area contributed by atoms with Gasteiger partial charge in [0.2, 0.25) is 0 Å². The summed E-state index contributed by atoms with van der Waals surface area (Å²) in [5.74, 6) is -0.763. The Kier molecular flexibility index (Phi) is 9.41. The van der Waals surface area contributed by atoms with E-state index >= 15 is 0 Å². The Morgan fingerprint density at radius 1 is 0.923 bits per heavy atom. The third-order valence-corrected chi connectivity index (χ3v) is 4.68. The van der Waals surface area contributed by atoms with E-state index in [0.29, 0.717) is 0 Å². The van der Waals surface area contributed by atoms with Crippen molar-refractivity contribution >= 4 is 42.4 Å². The zero-order chi connectivity index (χ0) is 16.9. The molecule has 142 valence electrons. The summed E-state index contributed by atoms with van der Waals surface area (Å²) in [5.41, 5.74) is 2.45. The van der Waals surface area contributed by atoms with Gasteiger partial charge in [0.05, 0.1) is 12.6 Å². The van der Waals surface area contributed by atoms with E-state index in [2.05, 4.69) is 41.3 Å². The molecule has 0 radical (unpaired) electrons. The van der Waals surface area contributed by atoms with Gasteiger partial charge in [-0.2, -0.15) is 0 Å². The first kappa shape index (κ1) is 22.7. The number of piperazine rings is 1. The molecular formula is C19H23Cl3N2O2. The van der Waals surface area contributed by atoms with E-state index in [1.807, 2.05) is 23.1 Å². The van der Waals surface area contributed by atoms with Gasteiger partial charge in [0.15, 0.2) is 0 Å². The van der Waals surface area contributed by atoms with Gasteiger partial charge in [0.1, 0.15) is 0 Å². The molecule has 7 heteroatoms. The minimum Gasteiger partial charge on any atom is -0.480 e. The molecule has 0 aliphatic carbocycles. The average Bonchev–Trinajstić information content (AvgIpc) is 2.59. The lowest BCUT2D eigenvalue weighted by Crippen LogP contribution is -2.49. The zero-order valence-electron chi connectivity index (χ0n) is 14.3. The fourth-order valence-electron chi connectivity index (χ4n) is 3.27. The number of halogens is 3. The van der Waals surface area contributed by atoms with Crippen LogP contribution in [0.3, 0.4) is 0 Å². The monoisotopic (exact) mass is 416 g/mol. The lowest BCUT2D eigenvalue weighted by Gasteiger charge is -2.39. The fourth-order valence-corrected chi connectivity index (χ4v) is 3.39. The molecule has 26 heavy (non-hydrogen) atoms. The van der Waals surface area contributed by atoms with E-state index in [1.54, 1.807) is 0 Å². The van der Waals surface area contributed by atoms with Gasteiger partial charge in [0, 0.05) is 31.2 Å². The van der Waals surface area contributed by atoms with Gasteiger partial charge in [0.25, 0.3) is 0 Å². The smallest absolute Gasteiger partial charge is 0.317 e. The number of hydrogen-bond donors (Lipinski definition) is 1.